The molecule has 0 amide bonds. The van der Waals surface area contributed by atoms with Gasteiger partial charge < -0.3 is 15.3 Å². The lowest BCUT2D eigenvalue weighted by Crippen LogP contribution is -2.46. The lowest BCUT2D eigenvalue weighted by molar-refractivity contribution is 0.158. The van der Waals surface area contributed by atoms with E-state index < -0.39 is 0 Å². The minimum Gasteiger partial charge on any atom is -0.395 e. The minimum absolute atomic E-state index is 0.275. The zero-order valence-corrected chi connectivity index (χ0v) is 12.7. The summed E-state index contributed by atoms with van der Waals surface area (Å²) in [6, 6.07) is 0.630. The Labute approximate surface area is 113 Å². The fourth-order valence-corrected chi connectivity index (χ4v) is 3.31. The predicted molar refractivity (Wildman–Crippen MR) is 77.8 cm³/mol. The van der Waals surface area contributed by atoms with E-state index >= 15 is 0 Å². The SMILES string of the molecule is CCCNC1C(CN(CC)CCO)CCC1(C)C. The minimum atomic E-state index is 0.275. The summed E-state index contributed by atoms with van der Waals surface area (Å²) in [7, 11) is 0. The molecule has 0 aliphatic heterocycles. The maximum atomic E-state index is 9.09. The van der Waals surface area contributed by atoms with Gasteiger partial charge in [0.1, 0.15) is 0 Å². The number of hydrogen-bond acceptors (Lipinski definition) is 3. The molecule has 0 spiro atoms. The monoisotopic (exact) mass is 256 g/mol. The number of hydrogen-bond donors (Lipinski definition) is 2. The van der Waals surface area contributed by atoms with E-state index in [1.165, 1.54) is 19.3 Å². The van der Waals surface area contributed by atoms with Crippen molar-refractivity contribution in [2.75, 3.05) is 32.8 Å². The molecular weight excluding hydrogens is 224 g/mol. The normalized spacial score (nSPS) is 27.0. The maximum Gasteiger partial charge on any atom is 0.0558 e. The van der Waals surface area contributed by atoms with Crippen molar-refractivity contribution >= 4 is 0 Å². The first-order valence-corrected chi connectivity index (χ1v) is 7.61. The summed E-state index contributed by atoms with van der Waals surface area (Å²) in [4.78, 5) is 2.38. The van der Waals surface area contributed by atoms with E-state index in [0.717, 1.165) is 32.1 Å². The van der Waals surface area contributed by atoms with E-state index in [0.29, 0.717) is 11.5 Å². The highest BCUT2D eigenvalue weighted by atomic mass is 16.3. The predicted octanol–water partition coefficient (Wildman–Crippen LogP) is 2.10. The molecule has 2 atom stereocenters. The number of aliphatic hydroxyl groups is 1. The summed E-state index contributed by atoms with van der Waals surface area (Å²) in [5.41, 5.74) is 0.415. The Kier molecular flexibility index (Phi) is 6.61. The van der Waals surface area contributed by atoms with E-state index in [1.54, 1.807) is 0 Å². The Morgan fingerprint density at radius 1 is 1.33 bits per heavy atom. The Hall–Kier alpha value is -0.120. The van der Waals surface area contributed by atoms with Crippen LogP contribution in [0.15, 0.2) is 0 Å². The molecule has 1 fully saturated rings. The van der Waals surface area contributed by atoms with Gasteiger partial charge in [0, 0.05) is 19.1 Å². The second-order valence-electron chi connectivity index (χ2n) is 6.34. The number of nitrogens with one attached hydrogen (secondary N) is 1. The topological polar surface area (TPSA) is 35.5 Å². The van der Waals surface area contributed by atoms with Crippen LogP contribution < -0.4 is 5.32 Å². The number of aliphatic hydroxyl groups excluding tert-OH is 1. The van der Waals surface area contributed by atoms with E-state index in [9.17, 15) is 0 Å². The van der Waals surface area contributed by atoms with E-state index in [2.05, 4.69) is 37.9 Å². The van der Waals surface area contributed by atoms with Crippen LogP contribution in [-0.2, 0) is 0 Å². The standard InChI is InChI=1S/C15H32N2O/c1-5-9-16-14-13(7-8-15(14,3)4)12-17(6-2)10-11-18/h13-14,16,18H,5-12H2,1-4H3. The summed E-state index contributed by atoms with van der Waals surface area (Å²) in [6.45, 7) is 13.6. The van der Waals surface area contributed by atoms with Gasteiger partial charge in [0.25, 0.3) is 0 Å². The molecule has 3 heteroatoms. The molecule has 0 bridgehead atoms. The van der Waals surface area contributed by atoms with Crippen LogP contribution in [0.1, 0.15) is 47.0 Å². The number of likely N-dealkylation sites (N-methyl/N-ethyl adjacent to an activating group) is 1. The smallest absolute Gasteiger partial charge is 0.0558 e. The van der Waals surface area contributed by atoms with E-state index in [4.69, 9.17) is 5.11 Å². The van der Waals surface area contributed by atoms with Gasteiger partial charge in [0.05, 0.1) is 6.61 Å². The van der Waals surface area contributed by atoms with Crippen molar-refractivity contribution in [1.29, 1.82) is 0 Å². The van der Waals surface area contributed by atoms with Crippen molar-refractivity contribution < 1.29 is 5.11 Å². The third kappa shape index (κ3) is 4.22. The molecule has 18 heavy (non-hydrogen) atoms. The fraction of sp³-hybridized carbons (Fsp3) is 1.00. The van der Waals surface area contributed by atoms with Gasteiger partial charge in [-0.2, -0.15) is 0 Å². The van der Waals surface area contributed by atoms with Crippen LogP contribution in [0.5, 0.6) is 0 Å². The summed E-state index contributed by atoms with van der Waals surface area (Å²) in [5, 5.41) is 12.8. The molecule has 0 heterocycles. The van der Waals surface area contributed by atoms with Gasteiger partial charge in [-0.3, -0.25) is 0 Å². The van der Waals surface area contributed by atoms with Crippen molar-refractivity contribution in [1.82, 2.24) is 10.2 Å². The van der Waals surface area contributed by atoms with Crippen molar-refractivity contribution in [3.8, 4) is 0 Å². The Bertz CT molecular complexity index is 231. The van der Waals surface area contributed by atoms with Gasteiger partial charge in [-0.05, 0) is 43.7 Å². The van der Waals surface area contributed by atoms with Gasteiger partial charge >= 0.3 is 0 Å². The van der Waals surface area contributed by atoms with Crippen molar-refractivity contribution in [3.05, 3.63) is 0 Å². The molecule has 2 N–H and O–H groups in total. The zero-order valence-electron chi connectivity index (χ0n) is 12.7. The third-order valence-electron chi connectivity index (χ3n) is 4.44. The van der Waals surface area contributed by atoms with Gasteiger partial charge in [0.2, 0.25) is 0 Å². The lowest BCUT2D eigenvalue weighted by Gasteiger charge is -2.34. The van der Waals surface area contributed by atoms with Crippen LogP contribution in [0.3, 0.4) is 0 Å². The van der Waals surface area contributed by atoms with E-state index in [-0.39, 0.29) is 6.61 Å². The zero-order chi connectivity index (χ0) is 13.6. The number of rotatable bonds is 8. The Morgan fingerprint density at radius 2 is 2.06 bits per heavy atom. The second-order valence-corrected chi connectivity index (χ2v) is 6.34. The third-order valence-corrected chi connectivity index (χ3v) is 4.44. The first kappa shape index (κ1) is 15.9. The van der Waals surface area contributed by atoms with Gasteiger partial charge in [-0.15, -0.1) is 0 Å². The molecule has 0 aromatic rings. The molecule has 1 aliphatic rings. The molecule has 2 unspecified atom stereocenters. The fourth-order valence-electron chi connectivity index (χ4n) is 3.31. The molecule has 1 aliphatic carbocycles. The summed E-state index contributed by atoms with van der Waals surface area (Å²) < 4.78 is 0. The Morgan fingerprint density at radius 3 is 2.61 bits per heavy atom. The summed E-state index contributed by atoms with van der Waals surface area (Å²) in [5.74, 6) is 0.734. The van der Waals surface area contributed by atoms with Crippen molar-refractivity contribution in [3.63, 3.8) is 0 Å². The quantitative estimate of drug-likeness (QED) is 0.698. The highest BCUT2D eigenvalue weighted by molar-refractivity contribution is 4.97. The number of nitrogens with zero attached hydrogens (tertiary/aromatic N) is 1. The van der Waals surface area contributed by atoms with Crippen molar-refractivity contribution in [2.45, 2.75) is 53.0 Å². The van der Waals surface area contributed by atoms with Crippen molar-refractivity contribution in [2.24, 2.45) is 11.3 Å². The van der Waals surface area contributed by atoms with Crippen LogP contribution in [-0.4, -0.2) is 48.8 Å². The molecule has 1 saturated carbocycles. The van der Waals surface area contributed by atoms with Crippen LogP contribution in [0.25, 0.3) is 0 Å². The van der Waals surface area contributed by atoms with Gasteiger partial charge in [0.15, 0.2) is 0 Å². The Balaban J connectivity index is 2.57. The lowest BCUT2D eigenvalue weighted by atomic mass is 9.84. The van der Waals surface area contributed by atoms with Crippen LogP contribution in [0.4, 0.5) is 0 Å². The van der Waals surface area contributed by atoms with Gasteiger partial charge in [-0.1, -0.05) is 27.7 Å². The maximum absolute atomic E-state index is 9.09. The molecule has 0 radical (unpaired) electrons. The summed E-state index contributed by atoms with van der Waals surface area (Å²) >= 11 is 0. The molecule has 0 saturated heterocycles. The molecule has 3 nitrogen and oxygen atoms in total. The van der Waals surface area contributed by atoms with E-state index in [1.807, 2.05) is 0 Å². The highest BCUT2D eigenvalue weighted by Crippen LogP contribution is 2.41. The van der Waals surface area contributed by atoms with Crippen LogP contribution >= 0.6 is 0 Å². The molecule has 1 rings (SSSR count). The average Bonchev–Trinajstić information content (AvgIpc) is 2.61. The first-order chi connectivity index (χ1) is 8.55. The van der Waals surface area contributed by atoms with Crippen LogP contribution in [0, 0.1) is 11.3 Å². The van der Waals surface area contributed by atoms with Gasteiger partial charge in [-0.25, -0.2) is 0 Å². The molecule has 0 aromatic heterocycles. The molecular formula is C15H32N2O. The molecule has 108 valence electrons. The highest BCUT2D eigenvalue weighted by Gasteiger charge is 2.41. The molecule has 0 aromatic carbocycles. The second kappa shape index (κ2) is 7.46. The largest absolute Gasteiger partial charge is 0.395 e. The summed E-state index contributed by atoms with van der Waals surface area (Å²) in [6.07, 6.45) is 3.83. The first-order valence-electron chi connectivity index (χ1n) is 7.61. The van der Waals surface area contributed by atoms with Crippen LogP contribution in [0.2, 0.25) is 0 Å². The average molecular weight is 256 g/mol.